The molecule has 2 unspecified atom stereocenters. The van der Waals surface area contributed by atoms with Gasteiger partial charge >= 0.3 is 5.69 Å². The molecular formula is C8H12N2O2. The Morgan fingerprint density at radius 3 is 3.00 bits per heavy atom. The van der Waals surface area contributed by atoms with E-state index in [9.17, 15) is 4.79 Å². The lowest BCUT2D eigenvalue weighted by Crippen LogP contribution is -2.25. The topological polar surface area (TPSA) is 47.0 Å². The first-order chi connectivity index (χ1) is 5.79. The predicted octanol–water partition coefficient (Wildman–Crippen LogP) is 0.384. The summed E-state index contributed by atoms with van der Waals surface area (Å²) in [6.07, 6.45) is 3.44. The molecule has 0 aromatic carbocycles. The number of hydrogen-bond acceptors (Lipinski definition) is 2. The van der Waals surface area contributed by atoms with E-state index < -0.39 is 0 Å². The van der Waals surface area contributed by atoms with Gasteiger partial charge in [-0.1, -0.05) is 6.92 Å². The third-order valence-electron chi connectivity index (χ3n) is 2.36. The first-order valence-electron chi connectivity index (χ1n) is 4.12. The number of aromatic nitrogens is 2. The minimum absolute atomic E-state index is 0.0441. The summed E-state index contributed by atoms with van der Waals surface area (Å²) in [6.45, 7) is 3.50. The first kappa shape index (κ1) is 7.61. The predicted molar refractivity (Wildman–Crippen MR) is 44.1 cm³/mol. The van der Waals surface area contributed by atoms with Crippen molar-refractivity contribution in [3.63, 3.8) is 0 Å². The fourth-order valence-electron chi connectivity index (χ4n) is 1.60. The second kappa shape index (κ2) is 2.79. The van der Waals surface area contributed by atoms with Crippen LogP contribution in [0.3, 0.4) is 0 Å². The van der Waals surface area contributed by atoms with Crippen LogP contribution in [0.2, 0.25) is 0 Å². The Kier molecular flexibility index (Phi) is 1.77. The molecule has 1 N–H and O–H groups in total. The molecule has 1 aliphatic rings. The molecule has 4 nitrogen and oxygen atoms in total. The van der Waals surface area contributed by atoms with Gasteiger partial charge in [0.2, 0.25) is 0 Å². The zero-order valence-corrected chi connectivity index (χ0v) is 6.99. The van der Waals surface area contributed by atoms with Crippen molar-refractivity contribution in [3.8, 4) is 0 Å². The molecule has 12 heavy (non-hydrogen) atoms. The van der Waals surface area contributed by atoms with Crippen molar-refractivity contribution in [2.45, 2.75) is 13.0 Å². The van der Waals surface area contributed by atoms with Crippen LogP contribution in [0.25, 0.3) is 0 Å². The minimum atomic E-state index is -0.0441. The molecule has 2 rings (SSSR count). The summed E-state index contributed by atoms with van der Waals surface area (Å²) in [5.41, 5.74) is -0.0441. The maximum Gasteiger partial charge on any atom is 0.325 e. The maximum atomic E-state index is 11.2. The smallest absolute Gasteiger partial charge is 0.325 e. The lowest BCUT2D eigenvalue weighted by atomic mass is 10.1. The van der Waals surface area contributed by atoms with Gasteiger partial charge in [0.05, 0.1) is 19.3 Å². The highest BCUT2D eigenvalue weighted by Crippen LogP contribution is 2.23. The van der Waals surface area contributed by atoms with E-state index in [1.54, 1.807) is 17.0 Å². The molecule has 0 spiro atoms. The van der Waals surface area contributed by atoms with Crippen LogP contribution in [-0.4, -0.2) is 22.8 Å². The Bertz CT molecular complexity index is 315. The standard InChI is InChI=1S/C8H12N2O2/c1-6-4-12-5-7(6)10-3-2-9-8(10)11/h2-3,6-7H,4-5H2,1H3,(H,9,11). The Labute approximate surface area is 70.2 Å². The van der Waals surface area contributed by atoms with Crippen molar-refractivity contribution < 1.29 is 4.74 Å². The average molecular weight is 168 g/mol. The van der Waals surface area contributed by atoms with E-state index in [4.69, 9.17) is 4.74 Å². The lowest BCUT2D eigenvalue weighted by Gasteiger charge is -2.12. The van der Waals surface area contributed by atoms with E-state index in [1.165, 1.54) is 0 Å². The number of nitrogens with zero attached hydrogens (tertiary/aromatic N) is 1. The van der Waals surface area contributed by atoms with Crippen molar-refractivity contribution >= 4 is 0 Å². The molecule has 66 valence electrons. The van der Waals surface area contributed by atoms with E-state index in [0.717, 1.165) is 6.61 Å². The molecule has 1 aromatic rings. The SMILES string of the molecule is CC1COCC1n1cc[nH]c1=O. The third-order valence-corrected chi connectivity index (χ3v) is 2.36. The quantitative estimate of drug-likeness (QED) is 0.659. The zero-order chi connectivity index (χ0) is 8.55. The molecule has 1 aliphatic heterocycles. The molecule has 2 atom stereocenters. The van der Waals surface area contributed by atoms with E-state index in [1.807, 2.05) is 0 Å². The summed E-state index contributed by atoms with van der Waals surface area (Å²) in [5.74, 6) is 0.429. The lowest BCUT2D eigenvalue weighted by molar-refractivity contribution is 0.182. The number of ether oxygens (including phenoxy) is 1. The Hall–Kier alpha value is -1.03. The molecule has 0 radical (unpaired) electrons. The number of aromatic amines is 1. The number of imidazole rings is 1. The van der Waals surface area contributed by atoms with Gasteiger partial charge in [-0.2, -0.15) is 0 Å². The van der Waals surface area contributed by atoms with Crippen LogP contribution < -0.4 is 5.69 Å². The second-order valence-corrected chi connectivity index (χ2v) is 3.25. The molecular weight excluding hydrogens is 156 g/mol. The van der Waals surface area contributed by atoms with Crippen molar-refractivity contribution in [2.75, 3.05) is 13.2 Å². The summed E-state index contributed by atoms with van der Waals surface area (Å²) in [7, 11) is 0. The van der Waals surface area contributed by atoms with Gasteiger partial charge < -0.3 is 9.72 Å². The van der Waals surface area contributed by atoms with Gasteiger partial charge in [-0.25, -0.2) is 4.79 Å². The van der Waals surface area contributed by atoms with Crippen molar-refractivity contribution in [1.29, 1.82) is 0 Å². The van der Waals surface area contributed by atoms with Crippen LogP contribution in [0, 0.1) is 5.92 Å². The van der Waals surface area contributed by atoms with Gasteiger partial charge in [0.25, 0.3) is 0 Å². The summed E-state index contributed by atoms with van der Waals surface area (Å²) in [6, 6.07) is 0.212. The summed E-state index contributed by atoms with van der Waals surface area (Å²) < 4.78 is 6.98. The fourth-order valence-corrected chi connectivity index (χ4v) is 1.60. The van der Waals surface area contributed by atoms with Gasteiger partial charge in [0.1, 0.15) is 0 Å². The zero-order valence-electron chi connectivity index (χ0n) is 6.99. The Balaban J connectivity index is 2.30. The molecule has 1 fully saturated rings. The van der Waals surface area contributed by atoms with E-state index in [0.29, 0.717) is 12.5 Å². The highest BCUT2D eigenvalue weighted by atomic mass is 16.5. The molecule has 0 aliphatic carbocycles. The van der Waals surface area contributed by atoms with E-state index >= 15 is 0 Å². The highest BCUT2D eigenvalue weighted by molar-refractivity contribution is 4.86. The van der Waals surface area contributed by atoms with Crippen molar-refractivity contribution in [3.05, 3.63) is 22.9 Å². The molecule has 1 saturated heterocycles. The van der Waals surface area contributed by atoms with Gasteiger partial charge in [0, 0.05) is 18.3 Å². The maximum absolute atomic E-state index is 11.2. The fraction of sp³-hybridized carbons (Fsp3) is 0.625. The van der Waals surface area contributed by atoms with Crippen LogP contribution in [0.1, 0.15) is 13.0 Å². The van der Waals surface area contributed by atoms with Gasteiger partial charge in [-0.15, -0.1) is 0 Å². The molecule has 1 aromatic heterocycles. The molecule has 2 heterocycles. The van der Waals surface area contributed by atoms with Crippen molar-refractivity contribution in [2.24, 2.45) is 5.92 Å². The average Bonchev–Trinajstić information content (AvgIpc) is 2.59. The van der Waals surface area contributed by atoms with Crippen LogP contribution >= 0.6 is 0 Å². The van der Waals surface area contributed by atoms with Crippen LogP contribution in [0.4, 0.5) is 0 Å². The van der Waals surface area contributed by atoms with Crippen LogP contribution in [0.15, 0.2) is 17.2 Å². The monoisotopic (exact) mass is 168 g/mol. The van der Waals surface area contributed by atoms with Gasteiger partial charge in [0.15, 0.2) is 0 Å². The second-order valence-electron chi connectivity index (χ2n) is 3.25. The number of rotatable bonds is 1. The summed E-state index contributed by atoms with van der Waals surface area (Å²) in [4.78, 5) is 13.8. The highest BCUT2D eigenvalue weighted by Gasteiger charge is 2.26. The summed E-state index contributed by atoms with van der Waals surface area (Å²) >= 11 is 0. The van der Waals surface area contributed by atoms with E-state index in [2.05, 4.69) is 11.9 Å². The van der Waals surface area contributed by atoms with Crippen molar-refractivity contribution in [1.82, 2.24) is 9.55 Å². The minimum Gasteiger partial charge on any atom is -0.379 e. The normalized spacial score (nSPS) is 29.4. The number of H-pyrrole nitrogens is 1. The van der Waals surface area contributed by atoms with Crippen LogP contribution in [0.5, 0.6) is 0 Å². The van der Waals surface area contributed by atoms with Crippen LogP contribution in [-0.2, 0) is 4.74 Å². The Morgan fingerprint density at radius 2 is 2.50 bits per heavy atom. The molecule has 4 heteroatoms. The van der Waals surface area contributed by atoms with Gasteiger partial charge in [-0.3, -0.25) is 4.57 Å². The number of hydrogen-bond donors (Lipinski definition) is 1. The third kappa shape index (κ3) is 1.08. The largest absolute Gasteiger partial charge is 0.379 e. The summed E-state index contributed by atoms with van der Waals surface area (Å²) in [5, 5.41) is 0. The van der Waals surface area contributed by atoms with E-state index in [-0.39, 0.29) is 11.7 Å². The Morgan fingerprint density at radius 1 is 1.67 bits per heavy atom. The molecule has 0 saturated carbocycles. The van der Waals surface area contributed by atoms with Gasteiger partial charge in [-0.05, 0) is 0 Å². The number of nitrogens with one attached hydrogen (secondary N) is 1. The first-order valence-corrected chi connectivity index (χ1v) is 4.12. The molecule has 0 bridgehead atoms. The molecule has 0 amide bonds.